The minimum Gasteiger partial charge on any atom is -0.478 e. The monoisotopic (exact) mass is 611 g/mol. The topological polar surface area (TPSA) is 112 Å². The highest BCUT2D eigenvalue weighted by molar-refractivity contribution is 5.81. The highest BCUT2D eigenvalue weighted by atomic mass is 19.4. The van der Waals surface area contributed by atoms with Gasteiger partial charge in [-0.15, -0.1) is 10.2 Å². The van der Waals surface area contributed by atoms with E-state index in [1.54, 1.807) is 24.6 Å². The Hall–Kier alpha value is -4.56. The number of imidazole rings is 1. The highest BCUT2D eigenvalue weighted by Crippen LogP contribution is 2.36. The van der Waals surface area contributed by atoms with Gasteiger partial charge in [0.25, 0.3) is 0 Å². The predicted octanol–water partition coefficient (Wildman–Crippen LogP) is 4.51. The van der Waals surface area contributed by atoms with Crippen LogP contribution < -0.4 is 15.7 Å². The fourth-order valence-electron chi connectivity index (χ4n) is 5.41. The van der Waals surface area contributed by atoms with Crippen LogP contribution in [0.5, 0.6) is 5.88 Å². The average Bonchev–Trinajstić information content (AvgIpc) is 3.54. The van der Waals surface area contributed by atoms with E-state index in [1.807, 2.05) is 0 Å². The number of hydrogen-bond acceptors (Lipinski definition) is 7. The first-order valence-corrected chi connectivity index (χ1v) is 14.0. The fourth-order valence-corrected chi connectivity index (χ4v) is 5.41. The Morgan fingerprint density at radius 1 is 1.11 bits per heavy atom. The third-order valence-electron chi connectivity index (χ3n) is 7.77. The summed E-state index contributed by atoms with van der Waals surface area (Å²) in [6.45, 7) is 2.23. The number of nitrogens with zero attached hydrogens (tertiary/aromatic N) is 6. The summed E-state index contributed by atoms with van der Waals surface area (Å²) in [7, 11) is 1.71. The number of benzene rings is 1. The van der Waals surface area contributed by atoms with Crippen LogP contribution in [0.25, 0.3) is 33.8 Å². The van der Waals surface area contributed by atoms with Crippen LogP contribution in [0.3, 0.4) is 0 Å². The van der Waals surface area contributed by atoms with Crippen LogP contribution in [0, 0.1) is 5.82 Å². The molecule has 0 spiro atoms. The van der Waals surface area contributed by atoms with E-state index in [-0.39, 0.29) is 42.5 Å². The number of alkyl halides is 3. The molecule has 1 aliphatic carbocycles. The van der Waals surface area contributed by atoms with Gasteiger partial charge in [-0.2, -0.15) is 18.2 Å². The summed E-state index contributed by atoms with van der Waals surface area (Å²) in [5.74, 6) is -0.00563. The van der Waals surface area contributed by atoms with Gasteiger partial charge in [-0.3, -0.25) is 8.97 Å². The minimum absolute atomic E-state index is 0.00731. The Kier molecular flexibility index (Phi) is 7.49. The molecule has 1 aliphatic rings. The van der Waals surface area contributed by atoms with E-state index in [0.29, 0.717) is 35.4 Å². The third kappa shape index (κ3) is 5.57. The number of pyridine rings is 2. The van der Waals surface area contributed by atoms with Crippen LogP contribution in [-0.2, 0) is 19.8 Å². The summed E-state index contributed by atoms with van der Waals surface area (Å²) in [5, 5.41) is 21.3. The fraction of sp³-hybridized carbons (Fsp3) is 0.333. The molecule has 6 rings (SSSR count). The minimum atomic E-state index is -4.75. The first-order chi connectivity index (χ1) is 21.0. The lowest BCUT2D eigenvalue weighted by Crippen LogP contribution is -2.46. The van der Waals surface area contributed by atoms with Crippen molar-refractivity contribution >= 4 is 5.52 Å². The number of aryl methyl sites for hydroxylation is 1. The van der Waals surface area contributed by atoms with E-state index in [2.05, 4.69) is 20.5 Å². The van der Waals surface area contributed by atoms with Gasteiger partial charge in [-0.25, -0.2) is 9.18 Å². The van der Waals surface area contributed by atoms with Crippen molar-refractivity contribution in [3.63, 3.8) is 0 Å². The lowest BCUT2D eigenvalue weighted by Gasteiger charge is -2.36. The molecule has 14 heteroatoms. The van der Waals surface area contributed by atoms with E-state index in [0.717, 1.165) is 27.7 Å². The van der Waals surface area contributed by atoms with Crippen LogP contribution in [0.4, 0.5) is 17.6 Å². The van der Waals surface area contributed by atoms with Gasteiger partial charge in [-0.1, -0.05) is 6.07 Å². The SMILES string of the molecule is CCOc1cc(-c2ccc(F)cc2-c2nncn2C)cc(-n2cc3c(C(F)(F)F)cc(CNCC4(O)CCC4)cn3c2=O)n1. The number of aliphatic hydroxyl groups is 1. The molecule has 1 aromatic carbocycles. The summed E-state index contributed by atoms with van der Waals surface area (Å²) in [6, 6.07) is 8.22. The number of rotatable bonds is 9. The Balaban J connectivity index is 1.47. The number of nitrogens with one attached hydrogen (secondary N) is 1. The van der Waals surface area contributed by atoms with Crippen molar-refractivity contribution in [2.24, 2.45) is 7.05 Å². The van der Waals surface area contributed by atoms with Crippen LogP contribution >= 0.6 is 0 Å². The first kappa shape index (κ1) is 29.5. The van der Waals surface area contributed by atoms with Crippen LogP contribution in [0.1, 0.15) is 37.3 Å². The molecule has 0 atom stereocenters. The molecule has 0 bridgehead atoms. The zero-order valence-corrected chi connectivity index (χ0v) is 23.9. The Morgan fingerprint density at radius 3 is 2.57 bits per heavy atom. The zero-order valence-electron chi connectivity index (χ0n) is 23.9. The summed E-state index contributed by atoms with van der Waals surface area (Å²) in [4.78, 5) is 18.1. The molecule has 10 nitrogen and oxygen atoms in total. The van der Waals surface area contributed by atoms with Gasteiger partial charge in [0, 0.05) is 44.2 Å². The van der Waals surface area contributed by atoms with Gasteiger partial charge in [0.05, 0.1) is 23.3 Å². The van der Waals surface area contributed by atoms with E-state index < -0.39 is 28.8 Å². The number of fused-ring (bicyclic) bond motifs is 1. The molecule has 44 heavy (non-hydrogen) atoms. The summed E-state index contributed by atoms with van der Waals surface area (Å²) in [6.07, 6.45) is 1.31. The first-order valence-electron chi connectivity index (χ1n) is 14.0. The zero-order chi connectivity index (χ0) is 31.2. The molecule has 0 aliphatic heterocycles. The van der Waals surface area contributed by atoms with Gasteiger partial charge in [0.15, 0.2) is 5.82 Å². The molecule has 0 saturated heterocycles. The summed E-state index contributed by atoms with van der Waals surface area (Å²) in [5.41, 5.74) is -1.36. The van der Waals surface area contributed by atoms with Crippen LogP contribution in [0.2, 0.25) is 0 Å². The second-order valence-corrected chi connectivity index (χ2v) is 10.9. The lowest BCUT2D eigenvalue weighted by molar-refractivity contribution is -0.136. The normalized spacial score (nSPS) is 14.6. The van der Waals surface area contributed by atoms with E-state index in [9.17, 15) is 27.5 Å². The Labute approximate surface area is 248 Å². The number of hydrogen-bond donors (Lipinski definition) is 2. The van der Waals surface area contributed by atoms with Crippen molar-refractivity contribution in [1.29, 1.82) is 0 Å². The third-order valence-corrected chi connectivity index (χ3v) is 7.77. The molecule has 0 unspecified atom stereocenters. The summed E-state index contributed by atoms with van der Waals surface area (Å²) < 4.78 is 66.4. The predicted molar refractivity (Wildman–Crippen MR) is 153 cm³/mol. The molecular weight excluding hydrogens is 582 g/mol. The van der Waals surface area contributed by atoms with Crippen molar-refractivity contribution in [2.45, 2.75) is 44.5 Å². The van der Waals surface area contributed by atoms with E-state index >= 15 is 0 Å². The maximum Gasteiger partial charge on any atom is 0.418 e. The quantitative estimate of drug-likeness (QED) is 0.236. The van der Waals surface area contributed by atoms with Gasteiger partial charge in [0.1, 0.15) is 18.0 Å². The largest absolute Gasteiger partial charge is 0.478 e. The van der Waals surface area contributed by atoms with E-state index in [1.165, 1.54) is 36.8 Å². The standard InChI is InChI=1S/C30H29F4N7O3/c1-3-44-26-11-19(21-6-5-20(31)12-22(21)27-38-36-17-39(27)2)10-25(37-26)41-15-24-23(30(32,33)34)9-18(14-40(24)28(41)42)13-35-16-29(43)7-4-8-29/h5-6,9-12,14-15,17,35,43H,3-4,7-8,13,16H2,1-2H3. The molecule has 4 heterocycles. The average molecular weight is 612 g/mol. The van der Waals surface area contributed by atoms with E-state index in [4.69, 9.17) is 4.74 Å². The second kappa shape index (κ2) is 11.2. The molecule has 1 saturated carbocycles. The smallest absolute Gasteiger partial charge is 0.418 e. The Bertz CT molecular complexity index is 1910. The van der Waals surface area contributed by atoms with Crippen molar-refractivity contribution in [2.75, 3.05) is 13.2 Å². The van der Waals surface area contributed by atoms with Gasteiger partial charge in [0.2, 0.25) is 5.88 Å². The van der Waals surface area contributed by atoms with Gasteiger partial charge < -0.3 is 19.7 Å². The molecule has 5 aromatic rings. The molecule has 230 valence electrons. The van der Waals surface area contributed by atoms with Crippen molar-refractivity contribution in [3.05, 3.63) is 82.5 Å². The maximum atomic E-state index is 14.4. The van der Waals surface area contributed by atoms with Crippen LogP contribution in [-0.4, -0.2) is 52.6 Å². The summed E-state index contributed by atoms with van der Waals surface area (Å²) >= 11 is 0. The molecule has 1 fully saturated rings. The molecule has 2 N–H and O–H groups in total. The molecule has 0 radical (unpaired) electrons. The molecular formula is C30H29F4N7O3. The van der Waals surface area contributed by atoms with Gasteiger partial charge >= 0.3 is 11.9 Å². The number of aromatic nitrogens is 6. The highest BCUT2D eigenvalue weighted by Gasteiger charge is 2.36. The number of halogens is 4. The van der Waals surface area contributed by atoms with Crippen molar-refractivity contribution < 1.29 is 27.4 Å². The van der Waals surface area contributed by atoms with Crippen molar-refractivity contribution in [3.8, 4) is 34.2 Å². The van der Waals surface area contributed by atoms with Crippen LogP contribution in [0.15, 0.2) is 59.9 Å². The Morgan fingerprint density at radius 2 is 1.91 bits per heavy atom. The van der Waals surface area contributed by atoms with Gasteiger partial charge in [-0.05, 0) is 67.1 Å². The second-order valence-electron chi connectivity index (χ2n) is 10.9. The van der Waals surface area contributed by atoms with Crippen molar-refractivity contribution in [1.82, 2.24) is 34.0 Å². The number of ether oxygens (including phenoxy) is 1. The lowest BCUT2D eigenvalue weighted by atomic mass is 9.80. The molecule has 4 aromatic heterocycles. The molecule has 0 amide bonds. The maximum absolute atomic E-state index is 14.4.